The Kier molecular flexibility index (Phi) is 3.31. The van der Waals surface area contributed by atoms with E-state index in [0.717, 1.165) is 27.8 Å². The summed E-state index contributed by atoms with van der Waals surface area (Å²) in [6.45, 7) is 0.256. The summed E-state index contributed by atoms with van der Waals surface area (Å²) in [6.07, 6.45) is 3.62. The van der Waals surface area contributed by atoms with Crippen LogP contribution in [0.15, 0.2) is 30.6 Å². The van der Waals surface area contributed by atoms with Crippen molar-refractivity contribution in [2.45, 2.75) is 0 Å². The first-order valence-corrected chi connectivity index (χ1v) is 6.58. The van der Waals surface area contributed by atoms with E-state index in [0.29, 0.717) is 0 Å². The fourth-order valence-corrected chi connectivity index (χ4v) is 2.25. The number of carbonyl (C=O) groups is 1. The van der Waals surface area contributed by atoms with Crippen LogP contribution in [0.2, 0.25) is 0 Å². The van der Waals surface area contributed by atoms with Gasteiger partial charge < -0.3 is 10.2 Å². The highest BCUT2D eigenvalue weighted by atomic mass is 16.1. The number of H-pyrrole nitrogens is 2. The Hall–Kier alpha value is -2.83. The van der Waals surface area contributed by atoms with Crippen LogP contribution in [0.25, 0.3) is 22.0 Å². The van der Waals surface area contributed by atoms with E-state index in [9.17, 15) is 4.79 Å². The molecule has 0 spiro atoms. The van der Waals surface area contributed by atoms with Crippen LogP contribution in [0.4, 0.5) is 5.82 Å². The highest BCUT2D eigenvalue weighted by molar-refractivity contribution is 5.94. The molecular weight excluding hydrogens is 268 g/mol. The second-order valence-electron chi connectivity index (χ2n) is 4.82. The third-order valence-corrected chi connectivity index (χ3v) is 3.40. The smallest absolute Gasteiger partial charge is 0.239 e. The highest BCUT2D eigenvalue weighted by Crippen LogP contribution is 2.28. The molecule has 0 saturated carbocycles. The summed E-state index contributed by atoms with van der Waals surface area (Å²) in [5.41, 5.74) is 2.99. The quantitative estimate of drug-likeness (QED) is 0.670. The molecule has 1 amide bonds. The van der Waals surface area contributed by atoms with Gasteiger partial charge in [0.05, 0.1) is 18.3 Å². The van der Waals surface area contributed by atoms with Gasteiger partial charge in [-0.3, -0.25) is 15.0 Å². The Bertz CT molecular complexity index is 761. The molecule has 0 radical (unpaired) electrons. The number of nitrogens with zero attached hydrogens (tertiary/aromatic N) is 3. The summed E-state index contributed by atoms with van der Waals surface area (Å²) < 4.78 is 0. The van der Waals surface area contributed by atoms with Gasteiger partial charge in [-0.2, -0.15) is 10.2 Å². The fraction of sp³-hybridized carbons (Fsp3) is 0.214. The predicted octanol–water partition coefficient (Wildman–Crippen LogP) is 1.14. The lowest BCUT2D eigenvalue weighted by atomic mass is 10.1. The maximum absolute atomic E-state index is 11.5. The van der Waals surface area contributed by atoms with E-state index in [2.05, 4.69) is 25.7 Å². The molecular formula is C14H16N6O. The number of rotatable bonds is 4. The van der Waals surface area contributed by atoms with Crippen molar-refractivity contribution in [2.24, 2.45) is 0 Å². The van der Waals surface area contributed by atoms with Gasteiger partial charge in [-0.15, -0.1) is 0 Å². The fourth-order valence-electron chi connectivity index (χ4n) is 2.25. The Balaban J connectivity index is 2.00. The van der Waals surface area contributed by atoms with E-state index in [-0.39, 0.29) is 12.5 Å². The molecule has 3 aromatic rings. The Morgan fingerprint density at radius 1 is 1.38 bits per heavy atom. The molecule has 21 heavy (non-hydrogen) atoms. The summed E-state index contributed by atoms with van der Waals surface area (Å²) in [5, 5.41) is 17.6. The molecule has 1 aromatic carbocycles. The zero-order valence-corrected chi connectivity index (χ0v) is 11.8. The third-order valence-electron chi connectivity index (χ3n) is 3.40. The number of nitrogens with one attached hydrogen (secondary N) is 3. The molecule has 108 valence electrons. The molecule has 0 unspecified atom stereocenters. The molecule has 0 fully saturated rings. The normalized spacial score (nSPS) is 10.8. The van der Waals surface area contributed by atoms with Crippen LogP contribution >= 0.6 is 0 Å². The lowest BCUT2D eigenvalue weighted by Gasteiger charge is -2.15. The monoisotopic (exact) mass is 284 g/mol. The van der Waals surface area contributed by atoms with Crippen molar-refractivity contribution in [2.75, 3.05) is 25.5 Å². The minimum absolute atomic E-state index is 0.0559. The number of likely N-dealkylation sites (N-methyl/N-ethyl adjacent to an activating group) is 2. The number of hydrogen-bond donors (Lipinski definition) is 3. The summed E-state index contributed by atoms with van der Waals surface area (Å²) in [6, 6.07) is 6.02. The van der Waals surface area contributed by atoms with E-state index < -0.39 is 0 Å². The van der Waals surface area contributed by atoms with Gasteiger partial charge in [0.1, 0.15) is 0 Å². The largest absolute Gasteiger partial charge is 0.358 e. The minimum Gasteiger partial charge on any atom is -0.358 e. The second-order valence-corrected chi connectivity index (χ2v) is 4.82. The molecule has 0 saturated heterocycles. The average molecular weight is 284 g/mol. The van der Waals surface area contributed by atoms with Crippen molar-refractivity contribution >= 4 is 22.6 Å². The predicted molar refractivity (Wildman–Crippen MR) is 81.0 cm³/mol. The van der Waals surface area contributed by atoms with Crippen LogP contribution in [0, 0.1) is 0 Å². The lowest BCUT2D eigenvalue weighted by molar-refractivity contribution is -0.119. The molecule has 0 aliphatic rings. The van der Waals surface area contributed by atoms with Crippen molar-refractivity contribution in [1.82, 2.24) is 25.7 Å². The first kappa shape index (κ1) is 13.2. The van der Waals surface area contributed by atoms with Crippen LogP contribution in [0.1, 0.15) is 0 Å². The number of anilines is 1. The number of aromatic amines is 2. The van der Waals surface area contributed by atoms with Gasteiger partial charge in [0, 0.05) is 31.2 Å². The highest BCUT2D eigenvalue weighted by Gasteiger charge is 2.13. The van der Waals surface area contributed by atoms with Gasteiger partial charge >= 0.3 is 0 Å². The number of aromatic nitrogens is 4. The Morgan fingerprint density at radius 2 is 2.24 bits per heavy atom. The summed E-state index contributed by atoms with van der Waals surface area (Å²) in [4.78, 5) is 13.3. The van der Waals surface area contributed by atoms with Gasteiger partial charge in [-0.05, 0) is 17.7 Å². The maximum atomic E-state index is 11.5. The summed E-state index contributed by atoms with van der Waals surface area (Å²) in [5.74, 6) is 0.693. The number of hydrogen-bond acceptors (Lipinski definition) is 4. The molecule has 3 N–H and O–H groups in total. The molecule has 0 aliphatic carbocycles. The van der Waals surface area contributed by atoms with E-state index in [1.807, 2.05) is 36.3 Å². The van der Waals surface area contributed by atoms with Crippen molar-refractivity contribution in [1.29, 1.82) is 0 Å². The standard InChI is InChI=1S/C14H16N6O/c1-15-13(21)8-20(2)14-11-5-9(10-6-16-17-7-10)3-4-12(11)18-19-14/h3-7H,8H2,1-2H3,(H,15,21)(H,16,17)(H,18,19). The number of fused-ring (bicyclic) bond motifs is 1. The van der Waals surface area contributed by atoms with E-state index in [1.165, 1.54) is 0 Å². The van der Waals surface area contributed by atoms with E-state index >= 15 is 0 Å². The van der Waals surface area contributed by atoms with Crippen LogP contribution < -0.4 is 10.2 Å². The molecule has 7 nitrogen and oxygen atoms in total. The minimum atomic E-state index is -0.0559. The van der Waals surface area contributed by atoms with Crippen LogP contribution in [-0.4, -0.2) is 46.9 Å². The van der Waals surface area contributed by atoms with Gasteiger partial charge in [0.25, 0.3) is 0 Å². The van der Waals surface area contributed by atoms with Crippen molar-refractivity contribution in [3.05, 3.63) is 30.6 Å². The van der Waals surface area contributed by atoms with E-state index in [1.54, 1.807) is 13.2 Å². The summed E-state index contributed by atoms with van der Waals surface area (Å²) in [7, 11) is 3.46. The van der Waals surface area contributed by atoms with Crippen LogP contribution in [0.5, 0.6) is 0 Å². The SMILES string of the molecule is CNC(=O)CN(C)c1n[nH]c2ccc(-c3cn[nH]c3)cc12. The van der Waals surface area contributed by atoms with Crippen molar-refractivity contribution in [3.8, 4) is 11.1 Å². The van der Waals surface area contributed by atoms with Gasteiger partial charge in [0.2, 0.25) is 5.91 Å². The first-order valence-electron chi connectivity index (χ1n) is 6.58. The molecule has 7 heteroatoms. The van der Waals surface area contributed by atoms with E-state index in [4.69, 9.17) is 0 Å². The Labute approximate surface area is 121 Å². The molecule has 3 rings (SSSR count). The van der Waals surface area contributed by atoms with Crippen molar-refractivity contribution < 1.29 is 4.79 Å². The van der Waals surface area contributed by atoms with Gasteiger partial charge in [-0.25, -0.2) is 0 Å². The zero-order valence-electron chi connectivity index (χ0n) is 11.8. The Morgan fingerprint density at radius 3 is 2.95 bits per heavy atom. The average Bonchev–Trinajstić information content (AvgIpc) is 3.15. The van der Waals surface area contributed by atoms with Gasteiger partial charge in [-0.1, -0.05) is 6.07 Å². The van der Waals surface area contributed by atoms with Crippen LogP contribution in [-0.2, 0) is 4.79 Å². The third kappa shape index (κ3) is 2.45. The summed E-state index contributed by atoms with van der Waals surface area (Å²) >= 11 is 0. The molecule has 0 aliphatic heterocycles. The molecule has 2 heterocycles. The number of benzene rings is 1. The molecule has 0 bridgehead atoms. The number of carbonyl (C=O) groups excluding carboxylic acids is 1. The van der Waals surface area contributed by atoms with Gasteiger partial charge in [0.15, 0.2) is 5.82 Å². The topological polar surface area (TPSA) is 89.7 Å². The second kappa shape index (κ2) is 5.28. The maximum Gasteiger partial charge on any atom is 0.239 e. The number of amides is 1. The van der Waals surface area contributed by atoms with Crippen molar-refractivity contribution in [3.63, 3.8) is 0 Å². The molecule has 2 aromatic heterocycles. The molecule has 0 atom stereocenters. The van der Waals surface area contributed by atoms with Crippen LogP contribution in [0.3, 0.4) is 0 Å². The first-order chi connectivity index (χ1) is 10.2. The lowest BCUT2D eigenvalue weighted by Crippen LogP contribution is -2.33. The zero-order chi connectivity index (χ0) is 14.8.